The van der Waals surface area contributed by atoms with Gasteiger partial charge in [0, 0.05) is 9.35 Å². The molecule has 1 amide bonds. The highest BCUT2D eigenvalue weighted by Gasteiger charge is 2.20. The fourth-order valence-corrected chi connectivity index (χ4v) is 3.25. The van der Waals surface area contributed by atoms with Crippen LogP contribution in [0.15, 0.2) is 15.9 Å². The van der Waals surface area contributed by atoms with E-state index in [9.17, 15) is 4.79 Å². The third-order valence-corrected chi connectivity index (χ3v) is 4.67. The average Bonchev–Trinajstić information content (AvgIpc) is 2.73. The molecule has 2 rings (SSSR count). The lowest BCUT2D eigenvalue weighted by Crippen LogP contribution is -2.46. The van der Waals surface area contributed by atoms with Crippen molar-refractivity contribution in [2.24, 2.45) is 0 Å². The van der Waals surface area contributed by atoms with Crippen molar-refractivity contribution in [2.45, 2.75) is 31.8 Å². The van der Waals surface area contributed by atoms with Crippen molar-refractivity contribution in [1.29, 1.82) is 0 Å². The molecule has 2 heterocycles. The number of rotatable bonds is 3. The molecule has 96 valence electrons. The van der Waals surface area contributed by atoms with Gasteiger partial charge >= 0.3 is 0 Å². The number of halogens is 2. The van der Waals surface area contributed by atoms with Gasteiger partial charge in [0.2, 0.25) is 5.91 Å². The minimum Gasteiger partial charge on any atom is -0.350 e. The number of thiophene rings is 1. The topological polar surface area (TPSA) is 41.1 Å². The first-order valence-electron chi connectivity index (χ1n) is 5.50. The van der Waals surface area contributed by atoms with Gasteiger partial charge in [-0.2, -0.15) is 0 Å². The van der Waals surface area contributed by atoms with Crippen LogP contribution in [0.3, 0.4) is 0 Å². The van der Waals surface area contributed by atoms with Gasteiger partial charge in [-0.05, 0) is 46.8 Å². The number of carbonyl (C=O) groups is 1. The van der Waals surface area contributed by atoms with Gasteiger partial charge in [-0.1, -0.05) is 6.42 Å². The van der Waals surface area contributed by atoms with Crippen LogP contribution in [0.25, 0.3) is 0 Å². The zero-order valence-electron chi connectivity index (χ0n) is 9.37. The summed E-state index contributed by atoms with van der Waals surface area (Å²) in [6, 6.07) is 2.01. The van der Waals surface area contributed by atoms with Crippen molar-refractivity contribution < 1.29 is 4.79 Å². The third kappa shape index (κ3) is 4.25. The van der Waals surface area contributed by atoms with E-state index in [2.05, 4.69) is 26.6 Å². The molecule has 0 radical (unpaired) electrons. The van der Waals surface area contributed by atoms with Crippen molar-refractivity contribution in [1.82, 2.24) is 10.6 Å². The first-order chi connectivity index (χ1) is 7.77. The maximum atomic E-state index is 11.8. The smallest absolute Gasteiger partial charge is 0.237 e. The maximum Gasteiger partial charge on any atom is 0.237 e. The minimum atomic E-state index is 0. The van der Waals surface area contributed by atoms with Crippen LogP contribution in [0.5, 0.6) is 0 Å². The van der Waals surface area contributed by atoms with E-state index in [0.717, 1.165) is 23.9 Å². The second-order valence-electron chi connectivity index (χ2n) is 3.91. The molecule has 0 aromatic carbocycles. The molecule has 6 heteroatoms. The first-order valence-corrected chi connectivity index (χ1v) is 7.17. The predicted molar refractivity (Wildman–Crippen MR) is 76.8 cm³/mol. The largest absolute Gasteiger partial charge is 0.350 e. The summed E-state index contributed by atoms with van der Waals surface area (Å²) >= 11 is 5.11. The Morgan fingerprint density at radius 3 is 3.00 bits per heavy atom. The summed E-state index contributed by atoms with van der Waals surface area (Å²) in [5, 5.41) is 8.24. The zero-order valence-corrected chi connectivity index (χ0v) is 12.6. The van der Waals surface area contributed by atoms with Crippen LogP contribution in [0.2, 0.25) is 0 Å². The van der Waals surface area contributed by atoms with Crippen LogP contribution in [0.1, 0.15) is 24.1 Å². The van der Waals surface area contributed by atoms with Crippen LogP contribution < -0.4 is 10.6 Å². The van der Waals surface area contributed by atoms with Crippen molar-refractivity contribution in [3.8, 4) is 0 Å². The van der Waals surface area contributed by atoms with Gasteiger partial charge < -0.3 is 10.6 Å². The molecule has 1 aromatic rings. The fraction of sp³-hybridized carbons (Fsp3) is 0.545. The van der Waals surface area contributed by atoms with Gasteiger partial charge in [0.1, 0.15) is 0 Å². The van der Waals surface area contributed by atoms with Gasteiger partial charge in [-0.3, -0.25) is 4.79 Å². The van der Waals surface area contributed by atoms with E-state index in [1.165, 1.54) is 11.3 Å². The van der Waals surface area contributed by atoms with Gasteiger partial charge in [0.15, 0.2) is 0 Å². The minimum absolute atomic E-state index is 0. The van der Waals surface area contributed by atoms with Crippen molar-refractivity contribution in [3.05, 3.63) is 20.8 Å². The Labute approximate surface area is 120 Å². The first kappa shape index (κ1) is 15.0. The van der Waals surface area contributed by atoms with E-state index in [-0.39, 0.29) is 24.4 Å². The summed E-state index contributed by atoms with van der Waals surface area (Å²) < 4.78 is 1.08. The Morgan fingerprint density at radius 1 is 1.59 bits per heavy atom. The third-order valence-electron chi connectivity index (χ3n) is 2.74. The van der Waals surface area contributed by atoms with E-state index in [1.54, 1.807) is 11.3 Å². The number of carbonyl (C=O) groups excluding carboxylic acids is 1. The molecule has 0 spiro atoms. The quantitative estimate of drug-likeness (QED) is 0.889. The molecule has 0 aliphatic carbocycles. The highest BCUT2D eigenvalue weighted by Crippen LogP contribution is 2.22. The summed E-state index contributed by atoms with van der Waals surface area (Å²) in [5.74, 6) is 0.125. The van der Waals surface area contributed by atoms with Crippen molar-refractivity contribution in [2.75, 3.05) is 6.54 Å². The summed E-state index contributed by atoms with van der Waals surface area (Å²) in [6.45, 7) is 1.58. The molecule has 3 nitrogen and oxygen atoms in total. The van der Waals surface area contributed by atoms with Gasteiger partial charge in [-0.15, -0.1) is 23.7 Å². The highest BCUT2D eigenvalue weighted by molar-refractivity contribution is 9.10. The second-order valence-corrected chi connectivity index (χ2v) is 5.77. The molecule has 1 atom stereocenters. The summed E-state index contributed by atoms with van der Waals surface area (Å²) in [5.41, 5.74) is 0. The number of hydrogen-bond acceptors (Lipinski definition) is 3. The van der Waals surface area contributed by atoms with Crippen LogP contribution in [0, 0.1) is 0 Å². The molecule has 1 aliphatic heterocycles. The fourth-order valence-electron chi connectivity index (χ4n) is 1.82. The summed E-state index contributed by atoms with van der Waals surface area (Å²) in [6.07, 6.45) is 3.28. The number of amides is 1. The van der Waals surface area contributed by atoms with Crippen LogP contribution in [0.4, 0.5) is 0 Å². The van der Waals surface area contributed by atoms with Gasteiger partial charge in [0.05, 0.1) is 12.6 Å². The average molecular weight is 340 g/mol. The number of hydrogen-bond donors (Lipinski definition) is 2. The van der Waals surface area contributed by atoms with E-state index < -0.39 is 0 Å². The number of piperidine rings is 1. The van der Waals surface area contributed by atoms with E-state index in [4.69, 9.17) is 0 Å². The van der Waals surface area contributed by atoms with Crippen LogP contribution in [-0.2, 0) is 11.3 Å². The molecule has 1 saturated heterocycles. The SMILES string of the molecule is Cl.O=C(NCc1sccc1Br)C1CCCCN1. The number of nitrogens with one attached hydrogen (secondary N) is 2. The Hall–Kier alpha value is -0.100. The van der Waals surface area contributed by atoms with E-state index in [0.29, 0.717) is 6.54 Å². The normalized spacial score (nSPS) is 19.5. The van der Waals surface area contributed by atoms with E-state index >= 15 is 0 Å². The molecule has 17 heavy (non-hydrogen) atoms. The molecular weight excluding hydrogens is 324 g/mol. The predicted octanol–water partition coefficient (Wildman–Crippen LogP) is 2.69. The lowest BCUT2D eigenvalue weighted by Gasteiger charge is -2.22. The van der Waals surface area contributed by atoms with Crippen molar-refractivity contribution in [3.63, 3.8) is 0 Å². The molecular formula is C11H16BrClN2OS. The lowest BCUT2D eigenvalue weighted by molar-refractivity contribution is -0.123. The highest BCUT2D eigenvalue weighted by atomic mass is 79.9. The molecule has 1 fully saturated rings. The van der Waals surface area contributed by atoms with Crippen molar-refractivity contribution >= 4 is 45.6 Å². The molecule has 0 saturated carbocycles. The maximum absolute atomic E-state index is 11.8. The molecule has 0 bridgehead atoms. The second kappa shape index (κ2) is 7.36. The Kier molecular flexibility index (Phi) is 6.48. The standard InChI is InChI=1S/C11H15BrN2OS.ClH/c12-8-4-6-16-10(8)7-14-11(15)9-3-1-2-5-13-9;/h4,6,9,13H,1-3,5,7H2,(H,14,15);1H. The van der Waals surface area contributed by atoms with Gasteiger partial charge in [-0.25, -0.2) is 0 Å². The monoisotopic (exact) mass is 338 g/mol. The zero-order chi connectivity index (χ0) is 11.4. The van der Waals surface area contributed by atoms with Gasteiger partial charge in [0.25, 0.3) is 0 Å². The summed E-state index contributed by atoms with van der Waals surface area (Å²) in [7, 11) is 0. The van der Waals surface area contributed by atoms with E-state index in [1.807, 2.05) is 11.4 Å². The molecule has 1 unspecified atom stereocenters. The molecule has 1 aliphatic rings. The van der Waals surface area contributed by atoms with Crippen LogP contribution in [-0.4, -0.2) is 18.5 Å². The Bertz CT molecular complexity index is 366. The Balaban J connectivity index is 0.00000144. The Morgan fingerprint density at radius 2 is 2.41 bits per heavy atom. The lowest BCUT2D eigenvalue weighted by atomic mass is 10.0. The molecule has 2 N–H and O–H groups in total. The summed E-state index contributed by atoms with van der Waals surface area (Å²) in [4.78, 5) is 13.0. The molecule has 1 aromatic heterocycles. The van der Waals surface area contributed by atoms with Crippen LogP contribution >= 0.6 is 39.7 Å².